The highest BCUT2D eigenvalue weighted by molar-refractivity contribution is 6.30. The van der Waals surface area contributed by atoms with E-state index in [-0.39, 0.29) is 30.9 Å². The van der Waals surface area contributed by atoms with E-state index in [1.54, 1.807) is 41.1 Å². The molecule has 2 aromatic carbocycles. The maximum atomic E-state index is 12.7. The molecule has 0 unspecified atom stereocenters. The van der Waals surface area contributed by atoms with Crippen molar-refractivity contribution in [1.29, 1.82) is 0 Å². The number of carbonyl (C=O) groups is 2. The van der Waals surface area contributed by atoms with Crippen molar-refractivity contribution in [2.75, 3.05) is 30.4 Å². The van der Waals surface area contributed by atoms with E-state index in [2.05, 4.69) is 5.32 Å². The van der Waals surface area contributed by atoms with E-state index in [4.69, 9.17) is 11.6 Å². The summed E-state index contributed by atoms with van der Waals surface area (Å²) in [5.41, 5.74) is 1.53. The van der Waals surface area contributed by atoms with Gasteiger partial charge in [-0.15, -0.1) is 0 Å². The van der Waals surface area contributed by atoms with Crippen molar-refractivity contribution in [3.8, 4) is 0 Å². The highest BCUT2D eigenvalue weighted by atomic mass is 35.5. The zero-order valence-corrected chi connectivity index (χ0v) is 16.0. The van der Waals surface area contributed by atoms with Gasteiger partial charge in [0.15, 0.2) is 0 Å². The van der Waals surface area contributed by atoms with Crippen LogP contribution in [-0.4, -0.2) is 42.9 Å². The number of carbonyl (C=O) groups excluding carboxylic acids is 2. The normalized spacial score (nSPS) is 10.8. The molecule has 0 bridgehead atoms. The Kier molecular flexibility index (Phi) is 7.18. The minimum Gasteiger partial charge on any atom is -0.325 e. The van der Waals surface area contributed by atoms with E-state index in [1.807, 2.05) is 44.2 Å². The Morgan fingerprint density at radius 3 is 2.19 bits per heavy atom. The molecule has 5 nitrogen and oxygen atoms in total. The molecule has 0 aliphatic rings. The Morgan fingerprint density at radius 2 is 1.62 bits per heavy atom. The van der Waals surface area contributed by atoms with Gasteiger partial charge in [0.2, 0.25) is 11.8 Å². The van der Waals surface area contributed by atoms with Gasteiger partial charge < -0.3 is 10.2 Å². The number of likely N-dealkylation sites (N-methyl/N-ethyl adjacent to an activating group) is 1. The Bertz CT molecular complexity index is 732. The average Bonchev–Trinajstić information content (AvgIpc) is 2.57. The van der Waals surface area contributed by atoms with Crippen LogP contribution in [0.5, 0.6) is 0 Å². The standard InChI is InChI=1S/C20H24ClN3O2/c1-15(2)24(18-7-5-4-6-8-18)20(26)14-23(3)13-19(25)22-17-11-9-16(21)10-12-17/h4-12,15H,13-14H2,1-3H3,(H,22,25). The summed E-state index contributed by atoms with van der Waals surface area (Å²) in [5.74, 6) is -0.230. The van der Waals surface area contributed by atoms with E-state index in [9.17, 15) is 9.59 Å². The Balaban J connectivity index is 1.92. The monoisotopic (exact) mass is 373 g/mol. The lowest BCUT2D eigenvalue weighted by molar-refractivity contribution is -0.121. The highest BCUT2D eigenvalue weighted by Crippen LogP contribution is 2.17. The van der Waals surface area contributed by atoms with Gasteiger partial charge in [0, 0.05) is 22.4 Å². The number of hydrogen-bond donors (Lipinski definition) is 1. The summed E-state index contributed by atoms with van der Waals surface area (Å²) < 4.78 is 0. The number of amides is 2. The predicted molar refractivity (Wildman–Crippen MR) is 107 cm³/mol. The fourth-order valence-corrected chi connectivity index (χ4v) is 2.79. The molecule has 2 amide bonds. The van der Waals surface area contributed by atoms with Crippen LogP contribution in [0, 0.1) is 0 Å². The van der Waals surface area contributed by atoms with Gasteiger partial charge in [-0.05, 0) is 57.3 Å². The van der Waals surface area contributed by atoms with E-state index in [0.29, 0.717) is 10.7 Å². The molecule has 0 saturated carbocycles. The van der Waals surface area contributed by atoms with Gasteiger partial charge in [-0.2, -0.15) is 0 Å². The molecule has 26 heavy (non-hydrogen) atoms. The van der Waals surface area contributed by atoms with Crippen molar-refractivity contribution in [1.82, 2.24) is 4.90 Å². The molecule has 0 fully saturated rings. The van der Waals surface area contributed by atoms with Crippen molar-refractivity contribution in [3.05, 3.63) is 59.6 Å². The van der Waals surface area contributed by atoms with Crippen molar-refractivity contribution in [3.63, 3.8) is 0 Å². The number of rotatable bonds is 7. The van der Waals surface area contributed by atoms with Crippen molar-refractivity contribution < 1.29 is 9.59 Å². The molecule has 0 radical (unpaired) electrons. The molecule has 0 aliphatic heterocycles. The average molecular weight is 374 g/mol. The number of benzene rings is 2. The molecular formula is C20H24ClN3O2. The van der Waals surface area contributed by atoms with Gasteiger partial charge in [-0.1, -0.05) is 29.8 Å². The van der Waals surface area contributed by atoms with Crippen LogP contribution in [0.25, 0.3) is 0 Å². The molecule has 1 N–H and O–H groups in total. The van der Waals surface area contributed by atoms with Crippen LogP contribution < -0.4 is 10.2 Å². The van der Waals surface area contributed by atoms with Crippen molar-refractivity contribution in [2.45, 2.75) is 19.9 Å². The third-order valence-corrected chi connectivity index (χ3v) is 4.02. The molecule has 2 aromatic rings. The van der Waals surface area contributed by atoms with Gasteiger partial charge in [0.25, 0.3) is 0 Å². The molecule has 0 aliphatic carbocycles. The summed E-state index contributed by atoms with van der Waals surface area (Å²) in [6.07, 6.45) is 0. The lowest BCUT2D eigenvalue weighted by atomic mass is 10.2. The summed E-state index contributed by atoms with van der Waals surface area (Å²) in [7, 11) is 1.75. The molecule has 138 valence electrons. The molecule has 0 heterocycles. The van der Waals surface area contributed by atoms with Crippen LogP contribution in [0.4, 0.5) is 11.4 Å². The second kappa shape index (κ2) is 9.36. The highest BCUT2D eigenvalue weighted by Gasteiger charge is 2.21. The van der Waals surface area contributed by atoms with Gasteiger partial charge >= 0.3 is 0 Å². The Labute approximate surface area is 159 Å². The van der Waals surface area contributed by atoms with Gasteiger partial charge in [-0.25, -0.2) is 0 Å². The van der Waals surface area contributed by atoms with Gasteiger partial charge in [0.05, 0.1) is 13.1 Å². The predicted octanol–water partition coefficient (Wildman–Crippen LogP) is 3.65. The lowest BCUT2D eigenvalue weighted by Gasteiger charge is -2.28. The van der Waals surface area contributed by atoms with Gasteiger partial charge in [-0.3, -0.25) is 14.5 Å². The van der Waals surface area contributed by atoms with Crippen molar-refractivity contribution in [2.24, 2.45) is 0 Å². The number of anilines is 2. The molecule has 0 spiro atoms. The maximum Gasteiger partial charge on any atom is 0.241 e. The van der Waals surface area contributed by atoms with E-state index in [1.165, 1.54) is 0 Å². The second-order valence-corrected chi connectivity index (χ2v) is 6.86. The summed E-state index contributed by atoms with van der Waals surface area (Å²) in [5, 5.41) is 3.40. The van der Waals surface area contributed by atoms with Crippen LogP contribution in [0.15, 0.2) is 54.6 Å². The number of nitrogens with zero attached hydrogens (tertiary/aromatic N) is 2. The third kappa shape index (κ3) is 5.86. The van der Waals surface area contributed by atoms with Crippen LogP contribution in [0.1, 0.15) is 13.8 Å². The smallest absolute Gasteiger partial charge is 0.241 e. The molecule has 2 rings (SSSR count). The van der Waals surface area contributed by atoms with E-state index in [0.717, 1.165) is 5.69 Å². The lowest BCUT2D eigenvalue weighted by Crippen LogP contribution is -2.44. The Hall–Kier alpha value is -2.37. The van der Waals surface area contributed by atoms with Crippen LogP contribution in [0.2, 0.25) is 5.02 Å². The summed E-state index contributed by atoms with van der Waals surface area (Å²) in [6, 6.07) is 16.5. The first-order valence-electron chi connectivity index (χ1n) is 8.48. The maximum absolute atomic E-state index is 12.7. The minimum atomic E-state index is -0.182. The molecule has 0 aromatic heterocycles. The zero-order valence-electron chi connectivity index (χ0n) is 15.3. The van der Waals surface area contributed by atoms with Crippen LogP contribution in [-0.2, 0) is 9.59 Å². The first-order valence-corrected chi connectivity index (χ1v) is 8.85. The number of halogens is 1. The summed E-state index contributed by atoms with van der Waals surface area (Å²) >= 11 is 5.83. The quantitative estimate of drug-likeness (QED) is 0.805. The third-order valence-electron chi connectivity index (χ3n) is 3.77. The minimum absolute atomic E-state index is 0.0289. The van der Waals surface area contributed by atoms with Crippen molar-refractivity contribution >= 4 is 34.8 Å². The number of hydrogen-bond acceptors (Lipinski definition) is 3. The molecular weight excluding hydrogens is 350 g/mol. The fourth-order valence-electron chi connectivity index (χ4n) is 2.66. The molecule has 6 heteroatoms. The first-order chi connectivity index (χ1) is 12.4. The fraction of sp³-hybridized carbons (Fsp3) is 0.300. The van der Waals surface area contributed by atoms with Crippen LogP contribution >= 0.6 is 11.6 Å². The largest absolute Gasteiger partial charge is 0.325 e. The number of nitrogens with one attached hydrogen (secondary N) is 1. The van der Waals surface area contributed by atoms with Gasteiger partial charge in [0.1, 0.15) is 0 Å². The van der Waals surface area contributed by atoms with Crippen LogP contribution in [0.3, 0.4) is 0 Å². The zero-order chi connectivity index (χ0) is 19.1. The number of para-hydroxylation sites is 1. The molecule has 0 atom stereocenters. The first kappa shape index (κ1) is 19.9. The SMILES string of the molecule is CC(C)N(C(=O)CN(C)CC(=O)Nc1ccc(Cl)cc1)c1ccccc1. The topological polar surface area (TPSA) is 52.7 Å². The van der Waals surface area contributed by atoms with E-state index >= 15 is 0 Å². The summed E-state index contributed by atoms with van der Waals surface area (Å²) in [4.78, 5) is 28.3. The molecule has 0 saturated heterocycles. The Morgan fingerprint density at radius 1 is 1.00 bits per heavy atom. The van der Waals surface area contributed by atoms with E-state index < -0.39 is 0 Å². The summed E-state index contributed by atoms with van der Waals surface area (Å²) in [6.45, 7) is 4.21. The second-order valence-electron chi connectivity index (χ2n) is 6.42.